The molecule has 18 heavy (non-hydrogen) atoms. The molecule has 0 aromatic carbocycles. The Balaban J connectivity index is 2.15. The van der Waals surface area contributed by atoms with Crippen LogP contribution in [0.25, 0.3) is 0 Å². The number of amides is 1. The zero-order valence-electron chi connectivity index (χ0n) is 9.58. The highest BCUT2D eigenvalue weighted by Crippen LogP contribution is 2.00. The fourth-order valence-electron chi connectivity index (χ4n) is 1.41. The van der Waals surface area contributed by atoms with Gasteiger partial charge in [0.2, 0.25) is 5.91 Å². The van der Waals surface area contributed by atoms with Crippen LogP contribution in [0.1, 0.15) is 0 Å². The lowest BCUT2D eigenvalue weighted by atomic mass is 10.5. The lowest BCUT2D eigenvalue weighted by Gasteiger charge is -2.06. The number of aromatic amines is 1. The second-order valence-corrected chi connectivity index (χ2v) is 3.66. The highest BCUT2D eigenvalue weighted by molar-refractivity contribution is 5.90. The van der Waals surface area contributed by atoms with Crippen LogP contribution in [0.5, 0.6) is 0 Å². The summed E-state index contributed by atoms with van der Waals surface area (Å²) >= 11 is 0. The lowest BCUT2D eigenvalue weighted by molar-refractivity contribution is -0.116. The van der Waals surface area contributed by atoms with Crippen molar-refractivity contribution >= 4 is 11.6 Å². The van der Waals surface area contributed by atoms with E-state index in [1.165, 1.54) is 31.7 Å². The molecule has 0 aliphatic carbocycles. The molecule has 1 amide bonds. The van der Waals surface area contributed by atoms with Gasteiger partial charge >= 0.3 is 5.69 Å². The molecule has 8 nitrogen and oxygen atoms in total. The van der Waals surface area contributed by atoms with E-state index >= 15 is 0 Å². The van der Waals surface area contributed by atoms with Crippen molar-refractivity contribution in [3.05, 3.63) is 45.5 Å². The Labute approximate surface area is 101 Å². The predicted molar refractivity (Wildman–Crippen MR) is 63.2 cm³/mol. The van der Waals surface area contributed by atoms with E-state index in [1.807, 2.05) is 0 Å². The van der Waals surface area contributed by atoms with Crippen molar-refractivity contribution in [2.45, 2.75) is 6.54 Å². The molecule has 2 heterocycles. The van der Waals surface area contributed by atoms with Crippen molar-refractivity contribution in [1.29, 1.82) is 0 Å². The first-order chi connectivity index (χ1) is 8.58. The Morgan fingerprint density at radius 3 is 2.94 bits per heavy atom. The van der Waals surface area contributed by atoms with E-state index in [4.69, 9.17) is 0 Å². The largest absolute Gasteiger partial charge is 0.331 e. The maximum Gasteiger partial charge on any atom is 0.331 e. The average Bonchev–Trinajstić information content (AvgIpc) is 2.83. The number of carbonyl (C=O) groups is 1. The van der Waals surface area contributed by atoms with Gasteiger partial charge in [0.25, 0.3) is 5.56 Å². The van der Waals surface area contributed by atoms with E-state index in [1.54, 1.807) is 0 Å². The molecule has 0 saturated carbocycles. The molecule has 2 aromatic rings. The van der Waals surface area contributed by atoms with Crippen LogP contribution >= 0.6 is 0 Å². The number of carbonyl (C=O) groups excluding carboxylic acids is 1. The van der Waals surface area contributed by atoms with Gasteiger partial charge in [0.05, 0.1) is 11.9 Å². The van der Waals surface area contributed by atoms with Gasteiger partial charge in [-0.05, 0) is 0 Å². The Kier molecular flexibility index (Phi) is 3.09. The third-order valence-corrected chi connectivity index (χ3v) is 2.36. The van der Waals surface area contributed by atoms with Gasteiger partial charge in [-0.2, -0.15) is 5.10 Å². The van der Waals surface area contributed by atoms with Crippen LogP contribution in [-0.4, -0.2) is 25.2 Å². The number of rotatable bonds is 3. The molecule has 2 rings (SSSR count). The zero-order chi connectivity index (χ0) is 13.1. The van der Waals surface area contributed by atoms with Gasteiger partial charge in [-0.3, -0.25) is 23.8 Å². The van der Waals surface area contributed by atoms with Gasteiger partial charge in [-0.25, -0.2) is 4.79 Å². The maximum absolute atomic E-state index is 11.7. The topological polar surface area (TPSA) is 102 Å². The first-order valence-electron chi connectivity index (χ1n) is 5.13. The Morgan fingerprint density at radius 2 is 2.28 bits per heavy atom. The summed E-state index contributed by atoms with van der Waals surface area (Å²) < 4.78 is 2.09. The van der Waals surface area contributed by atoms with E-state index in [-0.39, 0.29) is 12.5 Å². The number of hydrogen-bond donors (Lipinski definition) is 2. The molecule has 0 unspecified atom stereocenters. The van der Waals surface area contributed by atoms with Crippen LogP contribution < -0.4 is 16.6 Å². The van der Waals surface area contributed by atoms with Crippen molar-refractivity contribution in [1.82, 2.24) is 19.3 Å². The maximum atomic E-state index is 11.7. The van der Waals surface area contributed by atoms with Gasteiger partial charge in [0, 0.05) is 25.5 Å². The van der Waals surface area contributed by atoms with Gasteiger partial charge in [0.15, 0.2) is 0 Å². The number of anilines is 1. The molecule has 0 saturated heterocycles. The molecule has 0 bridgehead atoms. The molecule has 0 aliphatic rings. The summed E-state index contributed by atoms with van der Waals surface area (Å²) in [5.41, 5.74) is -0.436. The van der Waals surface area contributed by atoms with Crippen molar-refractivity contribution in [3.8, 4) is 0 Å². The molecule has 0 spiro atoms. The summed E-state index contributed by atoms with van der Waals surface area (Å²) in [6, 6.07) is 1.23. The summed E-state index contributed by atoms with van der Waals surface area (Å²) in [4.78, 5) is 34.5. The molecule has 0 radical (unpaired) electrons. The average molecular weight is 249 g/mol. The van der Waals surface area contributed by atoms with Crippen molar-refractivity contribution in [2.24, 2.45) is 7.05 Å². The first kappa shape index (κ1) is 11.8. The van der Waals surface area contributed by atoms with E-state index < -0.39 is 11.2 Å². The van der Waals surface area contributed by atoms with Crippen molar-refractivity contribution < 1.29 is 4.79 Å². The minimum absolute atomic E-state index is 0.169. The lowest BCUT2D eigenvalue weighted by Crippen LogP contribution is -2.38. The SMILES string of the molecule is Cn1c(=O)ccn(CC(=O)Nc2cn[nH]c2)c1=O. The van der Waals surface area contributed by atoms with Crippen LogP contribution in [-0.2, 0) is 18.4 Å². The predicted octanol–water partition coefficient (Wildman–Crippen LogP) is -1.09. The zero-order valence-corrected chi connectivity index (χ0v) is 9.58. The molecule has 2 aromatic heterocycles. The molecule has 8 heteroatoms. The summed E-state index contributed by atoms with van der Waals surface area (Å²) in [5.74, 6) is -0.378. The smallest absolute Gasteiger partial charge is 0.322 e. The number of nitrogens with zero attached hydrogens (tertiary/aromatic N) is 3. The van der Waals surface area contributed by atoms with E-state index in [0.29, 0.717) is 5.69 Å². The van der Waals surface area contributed by atoms with Crippen molar-refractivity contribution in [2.75, 3.05) is 5.32 Å². The summed E-state index contributed by atoms with van der Waals surface area (Å²) in [5, 5.41) is 8.77. The fraction of sp³-hybridized carbons (Fsp3) is 0.200. The molecule has 94 valence electrons. The Hall–Kier alpha value is -2.64. The number of aromatic nitrogens is 4. The molecule has 0 aliphatic heterocycles. The minimum atomic E-state index is -0.537. The summed E-state index contributed by atoms with van der Waals surface area (Å²) in [6.45, 7) is -0.169. The molecular weight excluding hydrogens is 238 g/mol. The van der Waals surface area contributed by atoms with Gasteiger partial charge in [-0.1, -0.05) is 0 Å². The number of H-pyrrole nitrogens is 1. The normalized spacial score (nSPS) is 10.3. The Bertz CT molecular complexity index is 668. The molecular formula is C10H11N5O3. The van der Waals surface area contributed by atoms with Crippen LogP contribution in [0.15, 0.2) is 34.2 Å². The second-order valence-electron chi connectivity index (χ2n) is 3.66. The number of hydrogen-bond acceptors (Lipinski definition) is 4. The fourth-order valence-corrected chi connectivity index (χ4v) is 1.41. The highest BCUT2D eigenvalue weighted by Gasteiger charge is 2.07. The third-order valence-electron chi connectivity index (χ3n) is 2.36. The van der Waals surface area contributed by atoms with Crippen LogP contribution in [0.3, 0.4) is 0 Å². The standard InChI is InChI=1S/C10H11N5O3/c1-14-9(17)2-3-15(10(14)18)6-8(16)13-7-4-11-12-5-7/h2-5H,6H2,1H3,(H,11,12)(H,13,16). The first-order valence-corrected chi connectivity index (χ1v) is 5.13. The van der Waals surface area contributed by atoms with Gasteiger partial charge in [0.1, 0.15) is 6.54 Å². The van der Waals surface area contributed by atoms with Crippen molar-refractivity contribution in [3.63, 3.8) is 0 Å². The minimum Gasteiger partial charge on any atom is -0.322 e. The van der Waals surface area contributed by atoms with Gasteiger partial charge in [-0.15, -0.1) is 0 Å². The van der Waals surface area contributed by atoms with Gasteiger partial charge < -0.3 is 5.32 Å². The monoisotopic (exact) mass is 249 g/mol. The quantitative estimate of drug-likeness (QED) is 0.721. The summed E-state index contributed by atoms with van der Waals surface area (Å²) in [7, 11) is 1.36. The number of nitrogens with one attached hydrogen (secondary N) is 2. The Morgan fingerprint density at radius 1 is 1.50 bits per heavy atom. The van der Waals surface area contributed by atoms with E-state index in [0.717, 1.165) is 9.13 Å². The molecule has 0 fully saturated rings. The third kappa shape index (κ3) is 2.37. The van der Waals surface area contributed by atoms with E-state index in [9.17, 15) is 14.4 Å². The second kappa shape index (κ2) is 4.70. The summed E-state index contributed by atoms with van der Waals surface area (Å²) in [6.07, 6.45) is 4.25. The highest BCUT2D eigenvalue weighted by atomic mass is 16.2. The van der Waals surface area contributed by atoms with Crippen LogP contribution in [0.4, 0.5) is 5.69 Å². The van der Waals surface area contributed by atoms with Crippen LogP contribution in [0.2, 0.25) is 0 Å². The molecule has 0 atom stereocenters. The van der Waals surface area contributed by atoms with E-state index in [2.05, 4.69) is 15.5 Å². The van der Waals surface area contributed by atoms with Crippen LogP contribution in [0, 0.1) is 0 Å². The molecule has 2 N–H and O–H groups in total.